The van der Waals surface area contributed by atoms with Crippen LogP contribution in [0, 0.1) is 5.82 Å². The molecule has 0 aliphatic heterocycles. The number of nitrogens with zero attached hydrogens (tertiary/aromatic N) is 1. The molecule has 100 valence electrons. The Hall–Kier alpha value is -0.940. The van der Waals surface area contributed by atoms with Gasteiger partial charge in [-0.05, 0) is 37.2 Å². The first kappa shape index (κ1) is 14.5. The van der Waals surface area contributed by atoms with Crippen LogP contribution in [0.15, 0.2) is 22.0 Å². The number of halogens is 2. The number of benzene rings is 1. The second kappa shape index (κ2) is 5.59. The molecule has 1 aromatic carbocycles. The number of aliphatic imine (C=N–C) groups is 1. The van der Waals surface area contributed by atoms with E-state index < -0.39 is 10.6 Å². The van der Waals surface area contributed by atoms with Gasteiger partial charge in [-0.3, -0.25) is 4.79 Å². The van der Waals surface area contributed by atoms with Crippen molar-refractivity contribution in [3.63, 3.8) is 0 Å². The minimum atomic E-state index is -0.602. The molecule has 7 heteroatoms. The number of isothiocyanates is 1. The molecule has 0 amide bonds. The summed E-state index contributed by atoms with van der Waals surface area (Å²) in [6.07, 6.45) is 1.42. The lowest BCUT2D eigenvalue weighted by atomic mass is 10.3. The van der Waals surface area contributed by atoms with Gasteiger partial charge in [0.05, 0.1) is 17.3 Å². The monoisotopic (exact) mass is 317 g/mol. The second-order valence-electron chi connectivity index (χ2n) is 4.03. The fraction of sp³-hybridized carbons (Fsp3) is 0.333. The van der Waals surface area contributed by atoms with E-state index in [9.17, 15) is 9.18 Å². The maximum absolute atomic E-state index is 13.5. The van der Waals surface area contributed by atoms with Crippen molar-refractivity contribution in [1.29, 1.82) is 0 Å². The molecule has 1 aliphatic rings. The Balaban J connectivity index is 2.33. The van der Waals surface area contributed by atoms with Crippen molar-refractivity contribution in [2.24, 2.45) is 4.99 Å². The lowest BCUT2D eigenvalue weighted by Crippen LogP contribution is -2.20. The number of thiocarbonyl (C=S) groups is 1. The van der Waals surface area contributed by atoms with E-state index in [1.807, 2.05) is 0 Å². The Morgan fingerprint density at radius 2 is 2.32 bits per heavy atom. The first-order valence-corrected chi connectivity index (χ1v) is 6.97. The van der Waals surface area contributed by atoms with Crippen molar-refractivity contribution in [2.75, 3.05) is 7.11 Å². The van der Waals surface area contributed by atoms with E-state index in [0.717, 1.165) is 6.07 Å². The number of methoxy groups -OCH3 is 1. The molecule has 1 fully saturated rings. The molecular weight excluding hydrogens is 309 g/mol. The van der Waals surface area contributed by atoms with E-state index in [1.165, 1.54) is 24.9 Å². The fourth-order valence-corrected chi connectivity index (χ4v) is 3.17. The smallest absolute Gasteiger partial charge is 0.322 e. The SMILES string of the molecule is COC(=O)C1(Sc2cc(N=C=S)c(F)cc2Cl)CC1. The van der Waals surface area contributed by atoms with Gasteiger partial charge in [-0.15, -0.1) is 11.8 Å². The minimum Gasteiger partial charge on any atom is -0.468 e. The molecule has 0 unspecified atom stereocenters. The van der Waals surface area contributed by atoms with Crippen LogP contribution < -0.4 is 0 Å². The summed E-state index contributed by atoms with van der Waals surface area (Å²) in [5.74, 6) is -0.868. The van der Waals surface area contributed by atoms with Crippen LogP contribution in [0.5, 0.6) is 0 Å². The third-order valence-electron chi connectivity index (χ3n) is 2.73. The zero-order chi connectivity index (χ0) is 14.0. The summed E-state index contributed by atoms with van der Waals surface area (Å²) in [7, 11) is 1.34. The van der Waals surface area contributed by atoms with Crippen molar-refractivity contribution < 1.29 is 13.9 Å². The average Bonchev–Trinajstić information content (AvgIpc) is 3.15. The number of ether oxygens (including phenoxy) is 1. The Kier molecular flexibility index (Phi) is 4.26. The predicted octanol–water partition coefficient (Wildman–Crippen LogP) is 4.01. The van der Waals surface area contributed by atoms with Crippen molar-refractivity contribution in [3.05, 3.63) is 23.0 Å². The number of thioether (sulfide) groups is 1. The van der Waals surface area contributed by atoms with E-state index >= 15 is 0 Å². The molecule has 0 bridgehead atoms. The summed E-state index contributed by atoms with van der Waals surface area (Å²) in [4.78, 5) is 15.9. The first-order valence-electron chi connectivity index (χ1n) is 5.37. The third kappa shape index (κ3) is 2.98. The highest BCUT2D eigenvalue weighted by atomic mass is 35.5. The van der Waals surface area contributed by atoms with Gasteiger partial charge >= 0.3 is 5.97 Å². The van der Waals surface area contributed by atoms with Crippen molar-refractivity contribution in [2.45, 2.75) is 22.5 Å². The number of hydrogen-bond donors (Lipinski definition) is 0. The Morgan fingerprint density at radius 3 is 2.84 bits per heavy atom. The molecule has 19 heavy (non-hydrogen) atoms. The van der Waals surface area contributed by atoms with Crippen LogP contribution in [-0.2, 0) is 9.53 Å². The van der Waals surface area contributed by atoms with Gasteiger partial charge in [0, 0.05) is 4.90 Å². The summed E-state index contributed by atoms with van der Waals surface area (Å²) in [5, 5.41) is 2.35. The summed E-state index contributed by atoms with van der Waals surface area (Å²) >= 11 is 11.7. The number of rotatable bonds is 4. The third-order valence-corrected chi connectivity index (χ3v) is 4.77. The van der Waals surface area contributed by atoms with Gasteiger partial charge in [-0.2, -0.15) is 4.99 Å². The van der Waals surface area contributed by atoms with E-state index in [4.69, 9.17) is 16.3 Å². The van der Waals surface area contributed by atoms with Crippen molar-refractivity contribution in [3.8, 4) is 0 Å². The number of carbonyl (C=O) groups excluding carboxylic acids is 1. The van der Waals surface area contributed by atoms with E-state index in [1.54, 1.807) is 0 Å². The van der Waals surface area contributed by atoms with Crippen LogP contribution >= 0.6 is 35.6 Å². The van der Waals surface area contributed by atoms with Gasteiger partial charge in [0.15, 0.2) is 5.82 Å². The van der Waals surface area contributed by atoms with Gasteiger partial charge in [0.2, 0.25) is 0 Å². The van der Waals surface area contributed by atoms with Gasteiger partial charge in [-0.25, -0.2) is 4.39 Å². The summed E-state index contributed by atoms with van der Waals surface area (Å²) in [6, 6.07) is 2.62. The molecule has 2 rings (SSSR count). The fourth-order valence-electron chi connectivity index (χ4n) is 1.59. The highest BCUT2D eigenvalue weighted by Crippen LogP contribution is 2.54. The number of hydrogen-bond acceptors (Lipinski definition) is 5. The Bertz CT molecular complexity index is 583. The molecule has 0 atom stereocenters. The minimum absolute atomic E-state index is 0.0579. The molecule has 0 spiro atoms. The molecule has 0 heterocycles. The Morgan fingerprint density at radius 1 is 1.63 bits per heavy atom. The molecule has 3 nitrogen and oxygen atoms in total. The summed E-state index contributed by atoms with van der Waals surface area (Å²) in [5.41, 5.74) is 0.0579. The van der Waals surface area contributed by atoms with Crippen molar-refractivity contribution in [1.82, 2.24) is 0 Å². The topological polar surface area (TPSA) is 38.7 Å². The maximum atomic E-state index is 13.5. The number of esters is 1. The van der Waals surface area contributed by atoms with Crippen LogP contribution in [-0.4, -0.2) is 23.0 Å². The molecule has 0 aromatic heterocycles. The zero-order valence-electron chi connectivity index (χ0n) is 9.91. The van der Waals surface area contributed by atoms with E-state index in [2.05, 4.69) is 22.4 Å². The molecule has 0 saturated heterocycles. The Labute approximate surface area is 124 Å². The first-order chi connectivity index (χ1) is 9.02. The van der Waals surface area contributed by atoms with Crippen molar-refractivity contribution >= 4 is 52.4 Å². The number of carbonyl (C=O) groups is 1. The molecule has 1 aromatic rings. The van der Waals surface area contributed by atoms with Crippen LogP contribution in [0.4, 0.5) is 10.1 Å². The van der Waals surface area contributed by atoms with E-state index in [-0.39, 0.29) is 16.7 Å². The summed E-state index contributed by atoms with van der Waals surface area (Å²) in [6.45, 7) is 0. The van der Waals surface area contributed by atoms with Crippen LogP contribution in [0.1, 0.15) is 12.8 Å². The largest absolute Gasteiger partial charge is 0.468 e. The average molecular weight is 318 g/mol. The second-order valence-corrected chi connectivity index (χ2v) is 6.04. The normalized spacial score (nSPS) is 15.5. The lowest BCUT2D eigenvalue weighted by Gasteiger charge is -2.13. The van der Waals surface area contributed by atoms with Crippen LogP contribution in [0.3, 0.4) is 0 Å². The van der Waals surface area contributed by atoms with Crippen LogP contribution in [0.25, 0.3) is 0 Å². The van der Waals surface area contributed by atoms with Gasteiger partial charge in [0.25, 0.3) is 0 Å². The quantitative estimate of drug-likeness (QED) is 0.478. The predicted molar refractivity (Wildman–Crippen MR) is 75.9 cm³/mol. The zero-order valence-corrected chi connectivity index (χ0v) is 12.3. The summed E-state index contributed by atoms with van der Waals surface area (Å²) < 4.78 is 17.7. The van der Waals surface area contributed by atoms with Gasteiger partial charge < -0.3 is 4.74 Å². The molecule has 0 N–H and O–H groups in total. The van der Waals surface area contributed by atoms with Crippen LogP contribution in [0.2, 0.25) is 5.02 Å². The molecule has 1 saturated carbocycles. The standard InChI is InChI=1S/C12H9ClFNO2S2/c1-17-11(16)12(2-3-12)19-10-5-9(15-6-18)8(14)4-7(10)13/h4-5H,2-3H2,1H3. The molecule has 1 aliphatic carbocycles. The maximum Gasteiger partial charge on any atom is 0.322 e. The highest BCUT2D eigenvalue weighted by molar-refractivity contribution is 8.01. The van der Waals surface area contributed by atoms with Gasteiger partial charge in [0.1, 0.15) is 10.4 Å². The lowest BCUT2D eigenvalue weighted by molar-refractivity contribution is -0.140. The van der Waals surface area contributed by atoms with E-state index in [0.29, 0.717) is 17.7 Å². The highest BCUT2D eigenvalue weighted by Gasteiger charge is 2.52. The molecular formula is C12H9ClFNO2S2. The molecule has 0 radical (unpaired) electrons. The van der Waals surface area contributed by atoms with Gasteiger partial charge in [-0.1, -0.05) is 11.6 Å².